The summed E-state index contributed by atoms with van der Waals surface area (Å²) in [6.07, 6.45) is 4.68. The van der Waals surface area contributed by atoms with E-state index in [2.05, 4.69) is 10.6 Å². The highest BCUT2D eigenvalue weighted by Crippen LogP contribution is 2.29. The number of anilines is 1. The maximum atomic E-state index is 13.2. The molecule has 3 rings (SSSR count). The highest BCUT2D eigenvalue weighted by Gasteiger charge is 2.28. The van der Waals surface area contributed by atoms with Gasteiger partial charge in [0.2, 0.25) is 17.7 Å². The maximum Gasteiger partial charge on any atom is 0.286 e. The maximum absolute atomic E-state index is 13.2. The van der Waals surface area contributed by atoms with Crippen LogP contribution in [0.5, 0.6) is 0 Å². The second kappa shape index (κ2) is 12.5. The van der Waals surface area contributed by atoms with Gasteiger partial charge in [0.1, 0.15) is 0 Å². The molecule has 2 aromatic rings. The van der Waals surface area contributed by atoms with Crippen LogP contribution in [0, 0.1) is 0 Å². The summed E-state index contributed by atoms with van der Waals surface area (Å²) in [5.41, 5.74) is 3.63. The van der Waals surface area contributed by atoms with E-state index in [0.717, 1.165) is 28.8 Å². The van der Waals surface area contributed by atoms with Crippen molar-refractivity contribution in [2.45, 2.75) is 50.9 Å². The lowest BCUT2D eigenvalue weighted by atomic mass is 10.0. The number of amides is 3. The largest absolute Gasteiger partial charge is 0.355 e. The van der Waals surface area contributed by atoms with Gasteiger partial charge in [-0.05, 0) is 29.2 Å². The Kier molecular flexibility index (Phi) is 9.38. The lowest BCUT2D eigenvalue weighted by molar-refractivity contribution is -0.123. The molecule has 1 atom stereocenters. The number of carbonyl (C=O) groups is 3. The van der Waals surface area contributed by atoms with Gasteiger partial charge < -0.3 is 15.5 Å². The van der Waals surface area contributed by atoms with Crippen LogP contribution in [0.25, 0.3) is 12.2 Å². The summed E-state index contributed by atoms with van der Waals surface area (Å²) in [5, 5.41) is 2.95. The first-order chi connectivity index (χ1) is 17.2. The number of fused-ring (bicyclic) bond motifs is 2. The molecule has 1 aliphatic heterocycles. The number of nitrogens with one attached hydrogen (secondary N) is 2. The molecule has 10 heteroatoms. The summed E-state index contributed by atoms with van der Waals surface area (Å²) in [6, 6.07) is 15.3. The summed E-state index contributed by atoms with van der Waals surface area (Å²) in [6.45, 7) is 2.21. The van der Waals surface area contributed by atoms with E-state index in [1.807, 2.05) is 67.6 Å². The smallest absolute Gasteiger partial charge is 0.286 e. The van der Waals surface area contributed by atoms with Crippen molar-refractivity contribution in [2.75, 3.05) is 11.4 Å². The first-order valence-corrected chi connectivity index (χ1v) is 13.4. The van der Waals surface area contributed by atoms with Crippen LogP contribution in [0.4, 0.5) is 5.69 Å². The van der Waals surface area contributed by atoms with Crippen LogP contribution in [-0.2, 0) is 31.0 Å². The molecular weight excluding hydrogens is 482 g/mol. The molecule has 3 N–H and O–H groups in total. The molecule has 0 aromatic heterocycles. The van der Waals surface area contributed by atoms with Crippen LogP contribution in [0.15, 0.2) is 48.5 Å². The van der Waals surface area contributed by atoms with E-state index in [9.17, 15) is 27.4 Å². The Labute approximate surface area is 211 Å². The predicted molar refractivity (Wildman–Crippen MR) is 138 cm³/mol. The molecule has 0 saturated carbocycles. The summed E-state index contributed by atoms with van der Waals surface area (Å²) in [4.78, 5) is 39.1. The second-order valence-corrected chi connectivity index (χ2v) is 10.1. The molecule has 2 aromatic carbocycles. The average molecular weight is 514 g/mol. The van der Waals surface area contributed by atoms with Gasteiger partial charge in [-0.1, -0.05) is 68.0 Å². The Morgan fingerprint density at radius 3 is 2.36 bits per heavy atom. The number of benzene rings is 2. The quantitative estimate of drug-likeness (QED) is 0.418. The van der Waals surface area contributed by atoms with Crippen molar-refractivity contribution in [3.8, 4) is 0 Å². The molecule has 0 spiro atoms. The molecule has 0 fully saturated rings. The average Bonchev–Trinajstić information content (AvgIpc) is 2.83. The van der Waals surface area contributed by atoms with E-state index in [1.54, 1.807) is 4.90 Å². The van der Waals surface area contributed by atoms with Crippen LogP contribution in [0.3, 0.4) is 0 Å². The minimum Gasteiger partial charge on any atom is -0.355 e. The fraction of sp³-hybridized carbons (Fsp3) is 0.346. The Bertz CT molecular complexity index is 1240. The van der Waals surface area contributed by atoms with Gasteiger partial charge in [0.25, 0.3) is 10.1 Å². The van der Waals surface area contributed by atoms with Crippen LogP contribution in [0.2, 0.25) is 0 Å². The SMILES string of the molecule is CCCCC(=O)NC(CC(=O)NCCC(=O)N1Cc2ccccc2/C=C\c2ccccc21)S(=O)(=O)O. The van der Waals surface area contributed by atoms with Crippen molar-refractivity contribution >= 4 is 45.7 Å². The van der Waals surface area contributed by atoms with Gasteiger partial charge in [0.05, 0.1) is 18.7 Å². The summed E-state index contributed by atoms with van der Waals surface area (Å²) >= 11 is 0. The molecule has 192 valence electrons. The van der Waals surface area contributed by atoms with Crippen LogP contribution in [-0.4, -0.2) is 42.6 Å². The predicted octanol–water partition coefficient (Wildman–Crippen LogP) is 3.12. The summed E-state index contributed by atoms with van der Waals surface area (Å²) < 4.78 is 32.7. The van der Waals surface area contributed by atoms with Crippen LogP contribution >= 0.6 is 0 Å². The highest BCUT2D eigenvalue weighted by atomic mass is 32.2. The van der Waals surface area contributed by atoms with E-state index >= 15 is 0 Å². The minimum atomic E-state index is -4.68. The summed E-state index contributed by atoms with van der Waals surface area (Å²) in [5.74, 6) is -1.48. The minimum absolute atomic E-state index is 0.0225. The van der Waals surface area contributed by atoms with Gasteiger partial charge in [-0.3, -0.25) is 18.9 Å². The lowest BCUT2D eigenvalue weighted by Crippen LogP contribution is -2.44. The Morgan fingerprint density at radius 2 is 1.64 bits per heavy atom. The van der Waals surface area contributed by atoms with Gasteiger partial charge in [-0.2, -0.15) is 8.42 Å². The number of para-hydroxylation sites is 1. The first-order valence-electron chi connectivity index (χ1n) is 11.9. The van der Waals surface area contributed by atoms with E-state index in [-0.39, 0.29) is 25.3 Å². The fourth-order valence-electron chi connectivity index (χ4n) is 3.88. The Hall–Kier alpha value is -3.50. The number of carbonyl (C=O) groups excluding carboxylic acids is 3. The number of rotatable bonds is 10. The molecule has 9 nitrogen and oxygen atoms in total. The second-order valence-electron chi connectivity index (χ2n) is 8.55. The van der Waals surface area contributed by atoms with E-state index in [4.69, 9.17) is 0 Å². The van der Waals surface area contributed by atoms with Crippen molar-refractivity contribution in [2.24, 2.45) is 0 Å². The van der Waals surface area contributed by atoms with Gasteiger partial charge in [0.15, 0.2) is 5.37 Å². The summed E-state index contributed by atoms with van der Waals surface area (Å²) in [7, 11) is -4.68. The molecule has 3 amide bonds. The highest BCUT2D eigenvalue weighted by molar-refractivity contribution is 7.86. The molecule has 0 saturated heterocycles. The monoisotopic (exact) mass is 513 g/mol. The van der Waals surface area contributed by atoms with E-state index in [1.165, 1.54) is 0 Å². The topological polar surface area (TPSA) is 133 Å². The van der Waals surface area contributed by atoms with Crippen molar-refractivity contribution in [1.82, 2.24) is 10.6 Å². The van der Waals surface area contributed by atoms with Crippen molar-refractivity contribution < 1.29 is 27.4 Å². The molecule has 36 heavy (non-hydrogen) atoms. The molecule has 1 heterocycles. The zero-order valence-corrected chi connectivity index (χ0v) is 21.0. The molecule has 0 radical (unpaired) electrons. The Morgan fingerprint density at radius 1 is 0.972 bits per heavy atom. The van der Waals surface area contributed by atoms with Gasteiger partial charge in [-0.15, -0.1) is 0 Å². The molecule has 0 bridgehead atoms. The molecular formula is C26H31N3O6S. The number of nitrogens with zero attached hydrogens (tertiary/aromatic N) is 1. The molecule has 0 aliphatic carbocycles. The molecule has 1 unspecified atom stereocenters. The van der Waals surface area contributed by atoms with E-state index in [0.29, 0.717) is 13.0 Å². The lowest BCUT2D eigenvalue weighted by Gasteiger charge is -2.27. The number of hydrogen-bond donors (Lipinski definition) is 3. The normalized spacial score (nSPS) is 14.4. The fourth-order valence-corrected chi connectivity index (χ4v) is 4.52. The Balaban J connectivity index is 1.63. The van der Waals surface area contributed by atoms with Crippen molar-refractivity contribution in [3.63, 3.8) is 0 Å². The number of hydrogen-bond acceptors (Lipinski definition) is 5. The zero-order chi connectivity index (χ0) is 26.1. The van der Waals surface area contributed by atoms with Gasteiger partial charge >= 0.3 is 0 Å². The van der Waals surface area contributed by atoms with Crippen molar-refractivity contribution in [3.05, 3.63) is 65.2 Å². The van der Waals surface area contributed by atoms with Gasteiger partial charge in [0, 0.05) is 19.4 Å². The zero-order valence-electron chi connectivity index (χ0n) is 20.1. The first kappa shape index (κ1) is 27.1. The third kappa shape index (κ3) is 7.50. The molecule has 1 aliphatic rings. The van der Waals surface area contributed by atoms with Gasteiger partial charge in [-0.25, -0.2) is 0 Å². The van der Waals surface area contributed by atoms with Crippen LogP contribution < -0.4 is 15.5 Å². The number of unbranched alkanes of at least 4 members (excludes halogenated alkanes) is 1. The van der Waals surface area contributed by atoms with Crippen molar-refractivity contribution in [1.29, 1.82) is 0 Å². The third-order valence-electron chi connectivity index (χ3n) is 5.83. The standard InChI is InChI=1S/C26H31N3O6S/c1-2-3-12-23(30)28-25(36(33,34)35)17-24(31)27-16-15-26(32)29-18-21-10-5-4-8-19(21)13-14-20-9-6-7-11-22(20)29/h4-11,13-14,25H,2-3,12,15-18H2,1H3,(H,27,31)(H,28,30)(H,33,34,35)/b14-13-. The third-order valence-corrected chi connectivity index (χ3v) is 6.83. The van der Waals surface area contributed by atoms with Crippen LogP contribution in [0.1, 0.15) is 55.7 Å². The van der Waals surface area contributed by atoms with E-state index < -0.39 is 33.7 Å².